The zero-order valence-electron chi connectivity index (χ0n) is 16.8. The molecule has 0 bridgehead atoms. The molecular weight excluding hydrogens is 336 g/mol. The maximum atomic E-state index is 5.38. The molecule has 1 aromatic rings. The van der Waals surface area contributed by atoms with Crippen molar-refractivity contribution in [3.8, 4) is 0 Å². The zero-order valence-corrected chi connectivity index (χ0v) is 16.8. The summed E-state index contributed by atoms with van der Waals surface area (Å²) in [6.45, 7) is 7.83. The van der Waals surface area contributed by atoms with Crippen molar-refractivity contribution in [2.75, 3.05) is 53.0 Å². The van der Waals surface area contributed by atoms with Gasteiger partial charge in [0.25, 0.3) is 0 Å². The second-order valence-electron chi connectivity index (χ2n) is 8.64. The zero-order chi connectivity index (χ0) is 18.5. The third-order valence-electron chi connectivity index (χ3n) is 6.63. The van der Waals surface area contributed by atoms with E-state index in [1.54, 1.807) is 11.1 Å². The summed E-state index contributed by atoms with van der Waals surface area (Å²) in [4.78, 5) is 5.42. The molecule has 5 nitrogen and oxygen atoms in total. The van der Waals surface area contributed by atoms with Gasteiger partial charge >= 0.3 is 0 Å². The molecule has 150 valence electrons. The van der Waals surface area contributed by atoms with Gasteiger partial charge in [-0.15, -0.1) is 0 Å². The Morgan fingerprint density at radius 2 is 1.96 bits per heavy atom. The Morgan fingerprint density at radius 1 is 1.15 bits per heavy atom. The fourth-order valence-electron chi connectivity index (χ4n) is 5.20. The van der Waals surface area contributed by atoms with E-state index in [2.05, 4.69) is 44.9 Å². The van der Waals surface area contributed by atoms with Gasteiger partial charge in [-0.1, -0.05) is 24.3 Å². The Hall–Kier alpha value is -0.980. The van der Waals surface area contributed by atoms with E-state index in [9.17, 15) is 0 Å². The van der Waals surface area contributed by atoms with Crippen LogP contribution in [0.1, 0.15) is 30.4 Å². The molecule has 2 saturated heterocycles. The summed E-state index contributed by atoms with van der Waals surface area (Å²) in [6, 6.07) is 10.3. The lowest BCUT2D eigenvalue weighted by atomic mass is 9.95. The third kappa shape index (κ3) is 5.09. The number of fused-ring (bicyclic) bond motifs is 1. The highest BCUT2D eigenvalue weighted by Gasteiger charge is 2.31. The molecule has 0 radical (unpaired) electrons. The molecular formula is C22H36N4O. The fourth-order valence-corrected chi connectivity index (χ4v) is 5.20. The third-order valence-corrected chi connectivity index (χ3v) is 6.63. The number of nitrogens with one attached hydrogen (secondary N) is 2. The normalized spacial score (nSPS) is 26.7. The van der Waals surface area contributed by atoms with Gasteiger partial charge in [0.1, 0.15) is 0 Å². The highest BCUT2D eigenvalue weighted by atomic mass is 16.5. The number of ether oxygens (including phenoxy) is 1. The summed E-state index contributed by atoms with van der Waals surface area (Å²) in [5, 5.41) is 0. The monoisotopic (exact) mass is 372 g/mol. The first-order valence-electron chi connectivity index (χ1n) is 10.8. The molecule has 2 fully saturated rings. The Morgan fingerprint density at radius 3 is 2.67 bits per heavy atom. The van der Waals surface area contributed by atoms with E-state index < -0.39 is 0 Å². The molecule has 2 unspecified atom stereocenters. The quantitative estimate of drug-likeness (QED) is 0.727. The van der Waals surface area contributed by atoms with Crippen LogP contribution in [0.25, 0.3) is 0 Å². The number of hydrogen-bond acceptors (Lipinski definition) is 5. The van der Waals surface area contributed by atoms with Crippen molar-refractivity contribution in [3.63, 3.8) is 0 Å². The van der Waals surface area contributed by atoms with Gasteiger partial charge in [0.15, 0.2) is 0 Å². The van der Waals surface area contributed by atoms with E-state index in [0.717, 1.165) is 38.2 Å². The summed E-state index contributed by atoms with van der Waals surface area (Å²) < 4.78 is 5.38. The van der Waals surface area contributed by atoms with Crippen molar-refractivity contribution in [1.82, 2.24) is 20.7 Å². The number of hydrazine groups is 1. The number of piperidine rings is 1. The standard InChI is InChI=1S/C22H36N4O/c1-27-12-11-25(17-21-8-9-23-24-21)15-18-5-4-10-26(16-18)22-13-19-6-2-3-7-20(19)14-22/h2-3,6-7,18,21-24H,4-5,8-17H2,1H3. The van der Waals surface area contributed by atoms with Gasteiger partial charge in [-0.3, -0.25) is 20.7 Å². The second-order valence-corrected chi connectivity index (χ2v) is 8.64. The maximum Gasteiger partial charge on any atom is 0.0589 e. The van der Waals surface area contributed by atoms with Crippen LogP contribution < -0.4 is 10.9 Å². The molecule has 2 N–H and O–H groups in total. The smallest absolute Gasteiger partial charge is 0.0589 e. The van der Waals surface area contributed by atoms with Crippen LogP contribution in [0.5, 0.6) is 0 Å². The van der Waals surface area contributed by atoms with E-state index in [-0.39, 0.29) is 0 Å². The molecule has 5 heteroatoms. The summed E-state index contributed by atoms with van der Waals surface area (Å²) in [5.41, 5.74) is 9.85. The lowest BCUT2D eigenvalue weighted by Crippen LogP contribution is -2.48. The van der Waals surface area contributed by atoms with E-state index >= 15 is 0 Å². The number of likely N-dealkylation sites (tertiary alicyclic amines) is 1. The van der Waals surface area contributed by atoms with Gasteiger partial charge in [0, 0.05) is 51.9 Å². The highest BCUT2D eigenvalue weighted by molar-refractivity contribution is 5.33. The van der Waals surface area contributed by atoms with Gasteiger partial charge in [-0.2, -0.15) is 0 Å². The van der Waals surface area contributed by atoms with Crippen molar-refractivity contribution in [2.24, 2.45) is 5.92 Å². The van der Waals surface area contributed by atoms with Crippen LogP contribution in [-0.4, -0.2) is 74.9 Å². The minimum absolute atomic E-state index is 0.575. The average molecular weight is 373 g/mol. The van der Waals surface area contributed by atoms with Crippen molar-refractivity contribution >= 4 is 0 Å². The molecule has 3 aliphatic rings. The maximum absolute atomic E-state index is 5.38. The molecule has 2 aliphatic heterocycles. The SMILES string of the molecule is COCCN(CC1CCCN(C2Cc3ccccc3C2)C1)CC1CCNN1. The number of rotatable bonds is 8. The molecule has 0 aromatic heterocycles. The first-order valence-corrected chi connectivity index (χ1v) is 10.8. The van der Waals surface area contributed by atoms with Crippen molar-refractivity contribution in [1.29, 1.82) is 0 Å². The van der Waals surface area contributed by atoms with Gasteiger partial charge in [0.05, 0.1) is 6.61 Å². The average Bonchev–Trinajstić information content (AvgIpc) is 3.35. The van der Waals surface area contributed by atoms with Crippen LogP contribution in [0.3, 0.4) is 0 Å². The van der Waals surface area contributed by atoms with Crippen LogP contribution in [0.4, 0.5) is 0 Å². The molecule has 0 spiro atoms. The lowest BCUT2D eigenvalue weighted by molar-refractivity contribution is 0.0837. The van der Waals surface area contributed by atoms with Crippen LogP contribution in [0.15, 0.2) is 24.3 Å². The molecule has 0 saturated carbocycles. The number of methoxy groups -OCH3 is 1. The summed E-state index contributed by atoms with van der Waals surface area (Å²) >= 11 is 0. The van der Waals surface area contributed by atoms with Crippen LogP contribution in [0.2, 0.25) is 0 Å². The minimum Gasteiger partial charge on any atom is -0.383 e. The fraction of sp³-hybridized carbons (Fsp3) is 0.727. The van der Waals surface area contributed by atoms with Crippen molar-refractivity contribution in [3.05, 3.63) is 35.4 Å². The summed E-state index contributed by atoms with van der Waals surface area (Å²) in [6.07, 6.45) is 6.43. The first-order chi connectivity index (χ1) is 13.3. The topological polar surface area (TPSA) is 39.8 Å². The molecule has 1 aromatic carbocycles. The van der Waals surface area contributed by atoms with Crippen molar-refractivity contribution < 1.29 is 4.74 Å². The minimum atomic E-state index is 0.575. The van der Waals surface area contributed by atoms with Gasteiger partial charge in [0.2, 0.25) is 0 Å². The van der Waals surface area contributed by atoms with E-state index in [4.69, 9.17) is 4.74 Å². The molecule has 27 heavy (non-hydrogen) atoms. The molecule has 2 atom stereocenters. The molecule has 2 heterocycles. The Kier molecular flexibility index (Phi) is 6.79. The predicted octanol–water partition coefficient (Wildman–Crippen LogP) is 1.68. The number of hydrogen-bond donors (Lipinski definition) is 2. The Bertz CT molecular complexity index is 564. The second kappa shape index (κ2) is 9.48. The van der Waals surface area contributed by atoms with Crippen molar-refractivity contribution in [2.45, 2.75) is 44.2 Å². The molecule has 4 rings (SSSR count). The number of benzene rings is 1. The summed E-state index contributed by atoms with van der Waals surface area (Å²) in [7, 11) is 1.81. The predicted molar refractivity (Wildman–Crippen MR) is 110 cm³/mol. The summed E-state index contributed by atoms with van der Waals surface area (Å²) in [5.74, 6) is 0.786. The van der Waals surface area contributed by atoms with Crippen LogP contribution in [-0.2, 0) is 17.6 Å². The van der Waals surface area contributed by atoms with Gasteiger partial charge in [-0.25, -0.2) is 0 Å². The number of nitrogens with zero attached hydrogens (tertiary/aromatic N) is 2. The van der Waals surface area contributed by atoms with E-state index in [0.29, 0.717) is 6.04 Å². The Labute approximate surface area is 164 Å². The van der Waals surface area contributed by atoms with Crippen LogP contribution in [0, 0.1) is 5.92 Å². The van der Waals surface area contributed by atoms with Crippen LogP contribution >= 0.6 is 0 Å². The van der Waals surface area contributed by atoms with Gasteiger partial charge in [-0.05, 0) is 55.7 Å². The van der Waals surface area contributed by atoms with E-state index in [1.807, 2.05) is 7.11 Å². The first kappa shape index (κ1) is 19.3. The lowest BCUT2D eigenvalue weighted by Gasteiger charge is -2.39. The Balaban J connectivity index is 1.31. The molecule has 0 amide bonds. The van der Waals surface area contributed by atoms with Gasteiger partial charge < -0.3 is 4.74 Å². The van der Waals surface area contributed by atoms with E-state index in [1.165, 1.54) is 51.7 Å². The largest absolute Gasteiger partial charge is 0.383 e. The highest BCUT2D eigenvalue weighted by Crippen LogP contribution is 2.29. The molecule has 1 aliphatic carbocycles.